The lowest BCUT2D eigenvalue weighted by molar-refractivity contribution is 0.0693. The summed E-state index contributed by atoms with van der Waals surface area (Å²) >= 11 is 0. The van der Waals surface area contributed by atoms with Crippen molar-refractivity contribution in [2.75, 3.05) is 18.6 Å². The molecule has 0 spiro atoms. The van der Waals surface area contributed by atoms with Crippen molar-refractivity contribution in [3.63, 3.8) is 0 Å². The molecule has 1 aromatic carbocycles. The Kier molecular flexibility index (Phi) is 3.38. The zero-order chi connectivity index (χ0) is 14.9. The van der Waals surface area contributed by atoms with E-state index in [2.05, 4.69) is 9.97 Å². The standard InChI is InChI=1S/C12H11FN4O3/c1-20-7-3-2-5(4-6(7)11(18)19)9-8(13)10(14)17-12(15)16-9/h2-4H,1H3,(H,18,19)(H4,14,15,16,17). The number of aromatic carboxylic acids is 1. The summed E-state index contributed by atoms with van der Waals surface area (Å²) in [6, 6.07) is 4.08. The van der Waals surface area contributed by atoms with E-state index < -0.39 is 17.6 Å². The van der Waals surface area contributed by atoms with Gasteiger partial charge in [0.25, 0.3) is 0 Å². The first-order valence-corrected chi connectivity index (χ1v) is 5.44. The van der Waals surface area contributed by atoms with Crippen molar-refractivity contribution in [2.45, 2.75) is 0 Å². The maximum Gasteiger partial charge on any atom is 0.339 e. The average molecular weight is 278 g/mol. The predicted octanol–water partition coefficient (Wildman–Crippen LogP) is 1.15. The third kappa shape index (κ3) is 2.30. The number of halogens is 1. The zero-order valence-corrected chi connectivity index (χ0v) is 10.4. The highest BCUT2D eigenvalue weighted by atomic mass is 19.1. The lowest BCUT2D eigenvalue weighted by atomic mass is 10.1. The van der Waals surface area contributed by atoms with Gasteiger partial charge in [-0.05, 0) is 18.2 Å². The van der Waals surface area contributed by atoms with Gasteiger partial charge in [0.05, 0.1) is 7.11 Å². The van der Waals surface area contributed by atoms with Crippen LogP contribution in [0.25, 0.3) is 11.3 Å². The molecule has 1 heterocycles. The smallest absolute Gasteiger partial charge is 0.339 e. The molecule has 8 heteroatoms. The molecule has 2 rings (SSSR count). The van der Waals surface area contributed by atoms with Gasteiger partial charge in [-0.15, -0.1) is 0 Å². The Balaban J connectivity index is 2.65. The van der Waals surface area contributed by atoms with Crippen LogP contribution in [0.15, 0.2) is 18.2 Å². The van der Waals surface area contributed by atoms with Crippen molar-refractivity contribution < 1.29 is 19.0 Å². The van der Waals surface area contributed by atoms with Crippen LogP contribution >= 0.6 is 0 Å². The number of anilines is 2. The topological polar surface area (TPSA) is 124 Å². The van der Waals surface area contributed by atoms with E-state index in [9.17, 15) is 9.18 Å². The number of carbonyl (C=O) groups is 1. The van der Waals surface area contributed by atoms with E-state index in [1.807, 2.05) is 0 Å². The fraction of sp³-hybridized carbons (Fsp3) is 0.0833. The Labute approximate surface area is 113 Å². The van der Waals surface area contributed by atoms with Crippen molar-refractivity contribution in [1.82, 2.24) is 9.97 Å². The highest BCUT2D eigenvalue weighted by Gasteiger charge is 2.17. The van der Waals surface area contributed by atoms with E-state index in [4.69, 9.17) is 21.3 Å². The van der Waals surface area contributed by atoms with E-state index in [0.29, 0.717) is 0 Å². The number of ether oxygens (including phenoxy) is 1. The SMILES string of the molecule is COc1ccc(-c2nc(N)nc(N)c2F)cc1C(=O)O. The molecular weight excluding hydrogens is 267 g/mol. The molecule has 0 saturated carbocycles. The Morgan fingerprint density at radius 3 is 2.65 bits per heavy atom. The van der Waals surface area contributed by atoms with Crippen molar-refractivity contribution in [1.29, 1.82) is 0 Å². The first-order chi connectivity index (χ1) is 9.43. The molecule has 5 N–H and O–H groups in total. The summed E-state index contributed by atoms with van der Waals surface area (Å²) in [5, 5.41) is 9.09. The molecule has 0 aliphatic carbocycles. The van der Waals surface area contributed by atoms with Crippen LogP contribution in [0.3, 0.4) is 0 Å². The van der Waals surface area contributed by atoms with Crippen LogP contribution in [0.4, 0.5) is 16.2 Å². The number of hydrogen-bond acceptors (Lipinski definition) is 6. The number of benzene rings is 1. The van der Waals surface area contributed by atoms with Gasteiger partial charge in [0, 0.05) is 5.56 Å². The van der Waals surface area contributed by atoms with Crippen molar-refractivity contribution in [2.24, 2.45) is 0 Å². The Morgan fingerprint density at radius 1 is 1.35 bits per heavy atom. The second-order valence-corrected chi connectivity index (χ2v) is 3.85. The van der Waals surface area contributed by atoms with Crippen LogP contribution in [-0.4, -0.2) is 28.2 Å². The quantitative estimate of drug-likeness (QED) is 0.769. The van der Waals surface area contributed by atoms with Crippen molar-refractivity contribution in [3.8, 4) is 17.0 Å². The van der Waals surface area contributed by atoms with Gasteiger partial charge in [-0.3, -0.25) is 0 Å². The molecule has 0 radical (unpaired) electrons. The summed E-state index contributed by atoms with van der Waals surface area (Å²) in [4.78, 5) is 18.3. The lowest BCUT2D eigenvalue weighted by Gasteiger charge is -2.09. The molecule has 1 aromatic heterocycles. The van der Waals surface area contributed by atoms with Gasteiger partial charge in [-0.1, -0.05) is 0 Å². The molecule has 0 bridgehead atoms. The van der Waals surface area contributed by atoms with Crippen molar-refractivity contribution >= 4 is 17.7 Å². The molecule has 104 valence electrons. The maximum atomic E-state index is 13.9. The minimum Gasteiger partial charge on any atom is -0.496 e. The fourth-order valence-corrected chi connectivity index (χ4v) is 1.70. The number of nitrogen functional groups attached to an aromatic ring is 2. The van der Waals surface area contributed by atoms with E-state index >= 15 is 0 Å². The summed E-state index contributed by atoms with van der Waals surface area (Å²) < 4.78 is 18.8. The lowest BCUT2D eigenvalue weighted by Crippen LogP contribution is -2.06. The minimum atomic E-state index is -1.21. The fourth-order valence-electron chi connectivity index (χ4n) is 1.70. The average Bonchev–Trinajstić information content (AvgIpc) is 2.42. The molecule has 0 saturated heterocycles. The van der Waals surface area contributed by atoms with E-state index in [1.165, 1.54) is 25.3 Å². The minimum absolute atomic E-state index is 0.125. The number of rotatable bonds is 3. The summed E-state index contributed by atoms with van der Waals surface area (Å²) in [7, 11) is 1.34. The van der Waals surface area contributed by atoms with E-state index in [1.54, 1.807) is 0 Å². The molecular formula is C12H11FN4O3. The summed E-state index contributed by atoms with van der Waals surface area (Å²) in [6.07, 6.45) is 0. The van der Waals surface area contributed by atoms with Crippen LogP contribution in [0, 0.1) is 5.82 Å². The van der Waals surface area contributed by atoms with E-state index in [-0.39, 0.29) is 28.5 Å². The van der Waals surface area contributed by atoms with Gasteiger partial charge in [-0.25, -0.2) is 14.2 Å². The maximum absolute atomic E-state index is 13.9. The molecule has 0 aliphatic heterocycles. The Bertz CT molecular complexity index is 691. The second kappa shape index (κ2) is 5.00. The van der Waals surface area contributed by atoms with Gasteiger partial charge in [0.1, 0.15) is 17.0 Å². The zero-order valence-electron chi connectivity index (χ0n) is 10.4. The number of aromatic nitrogens is 2. The third-order valence-electron chi connectivity index (χ3n) is 2.60. The summed E-state index contributed by atoms with van der Waals surface area (Å²) in [5.74, 6) is -2.52. The molecule has 7 nitrogen and oxygen atoms in total. The summed E-state index contributed by atoms with van der Waals surface area (Å²) in [6.45, 7) is 0. The Morgan fingerprint density at radius 2 is 2.05 bits per heavy atom. The van der Waals surface area contributed by atoms with Crippen LogP contribution in [0.1, 0.15) is 10.4 Å². The molecule has 20 heavy (non-hydrogen) atoms. The molecule has 0 unspecified atom stereocenters. The number of nitrogens with two attached hydrogens (primary N) is 2. The Hall–Kier alpha value is -2.90. The van der Waals surface area contributed by atoms with Gasteiger partial charge in [0.15, 0.2) is 11.6 Å². The molecule has 0 atom stereocenters. The number of carboxylic acid groups (broad SMARTS) is 1. The van der Waals surface area contributed by atoms with Crippen LogP contribution in [0.2, 0.25) is 0 Å². The number of methoxy groups -OCH3 is 1. The van der Waals surface area contributed by atoms with Gasteiger partial charge >= 0.3 is 5.97 Å². The van der Waals surface area contributed by atoms with Gasteiger partial charge in [-0.2, -0.15) is 4.98 Å². The van der Waals surface area contributed by atoms with Crippen LogP contribution in [-0.2, 0) is 0 Å². The van der Waals surface area contributed by atoms with Crippen LogP contribution < -0.4 is 16.2 Å². The third-order valence-corrected chi connectivity index (χ3v) is 2.60. The summed E-state index contributed by atoms with van der Waals surface area (Å²) in [5.41, 5.74) is 10.7. The molecule has 2 aromatic rings. The number of carboxylic acids is 1. The number of nitrogens with zero attached hydrogens (tertiary/aromatic N) is 2. The highest BCUT2D eigenvalue weighted by Crippen LogP contribution is 2.29. The molecule has 0 fully saturated rings. The van der Waals surface area contributed by atoms with Crippen molar-refractivity contribution in [3.05, 3.63) is 29.6 Å². The monoisotopic (exact) mass is 278 g/mol. The normalized spacial score (nSPS) is 10.3. The first-order valence-electron chi connectivity index (χ1n) is 5.44. The molecule has 0 aliphatic rings. The number of hydrogen-bond donors (Lipinski definition) is 3. The largest absolute Gasteiger partial charge is 0.496 e. The van der Waals surface area contributed by atoms with Crippen LogP contribution in [0.5, 0.6) is 5.75 Å². The van der Waals surface area contributed by atoms with E-state index in [0.717, 1.165) is 0 Å². The first kappa shape index (κ1) is 13.5. The second-order valence-electron chi connectivity index (χ2n) is 3.85. The predicted molar refractivity (Wildman–Crippen MR) is 69.8 cm³/mol. The van der Waals surface area contributed by atoms with Gasteiger partial charge < -0.3 is 21.3 Å². The highest BCUT2D eigenvalue weighted by molar-refractivity contribution is 5.92. The molecule has 0 amide bonds. The van der Waals surface area contributed by atoms with Gasteiger partial charge in [0.2, 0.25) is 5.95 Å².